The van der Waals surface area contributed by atoms with Crippen LogP contribution in [0.1, 0.15) is 35.8 Å². The lowest BCUT2D eigenvalue weighted by Gasteiger charge is -2.27. The molecule has 2 unspecified atom stereocenters. The van der Waals surface area contributed by atoms with E-state index in [0.717, 1.165) is 5.56 Å². The van der Waals surface area contributed by atoms with Crippen molar-refractivity contribution in [3.63, 3.8) is 0 Å². The van der Waals surface area contributed by atoms with Crippen LogP contribution in [-0.4, -0.2) is 42.1 Å². The van der Waals surface area contributed by atoms with Crippen LogP contribution in [0, 0.1) is 5.82 Å². The van der Waals surface area contributed by atoms with Gasteiger partial charge in [0.2, 0.25) is 0 Å². The van der Waals surface area contributed by atoms with Crippen molar-refractivity contribution in [1.29, 1.82) is 0 Å². The monoisotopic (exact) mass is 345 g/mol. The zero-order valence-corrected chi connectivity index (χ0v) is 14.8. The fourth-order valence-electron chi connectivity index (χ4n) is 2.52. The number of nitrogens with zero attached hydrogens (tertiary/aromatic N) is 1. The van der Waals surface area contributed by atoms with Gasteiger partial charge in [-0.1, -0.05) is 12.1 Å². The van der Waals surface area contributed by atoms with E-state index in [1.54, 1.807) is 36.4 Å². The highest BCUT2D eigenvalue weighted by Crippen LogP contribution is 2.19. The number of carbonyl (C=O) groups excluding carboxylic acids is 1. The van der Waals surface area contributed by atoms with Gasteiger partial charge in [0.05, 0.1) is 0 Å². The number of hydrogen-bond donors (Lipinski definition) is 1. The first-order valence-electron chi connectivity index (χ1n) is 8.24. The van der Waals surface area contributed by atoms with E-state index in [4.69, 9.17) is 4.74 Å². The molecule has 0 spiro atoms. The molecule has 2 aromatic rings. The van der Waals surface area contributed by atoms with Gasteiger partial charge in [0.15, 0.2) is 5.78 Å². The molecule has 0 aromatic heterocycles. The largest absolute Gasteiger partial charge is 0.491 e. The Hall–Kier alpha value is -2.24. The van der Waals surface area contributed by atoms with Crippen LogP contribution in [0.3, 0.4) is 0 Å². The summed E-state index contributed by atoms with van der Waals surface area (Å²) in [6.07, 6.45) is -0.666. The second-order valence-electron chi connectivity index (χ2n) is 6.21. The highest BCUT2D eigenvalue weighted by molar-refractivity contribution is 5.94. The van der Waals surface area contributed by atoms with E-state index in [2.05, 4.69) is 0 Å². The quantitative estimate of drug-likeness (QED) is 0.745. The van der Waals surface area contributed by atoms with Crippen LogP contribution in [0.5, 0.6) is 5.75 Å². The summed E-state index contributed by atoms with van der Waals surface area (Å²) < 4.78 is 18.6. The summed E-state index contributed by atoms with van der Waals surface area (Å²) in [5, 5.41) is 10.2. The molecule has 0 aliphatic rings. The van der Waals surface area contributed by atoms with Gasteiger partial charge in [0, 0.05) is 18.2 Å². The molecule has 2 aromatic carbocycles. The second kappa shape index (κ2) is 8.74. The van der Waals surface area contributed by atoms with E-state index in [-0.39, 0.29) is 24.2 Å². The second-order valence-corrected chi connectivity index (χ2v) is 6.21. The topological polar surface area (TPSA) is 49.8 Å². The first-order valence-corrected chi connectivity index (χ1v) is 8.24. The molecule has 0 aliphatic heterocycles. The number of aliphatic hydroxyl groups excluding tert-OH is 1. The van der Waals surface area contributed by atoms with Gasteiger partial charge in [-0.2, -0.15) is 0 Å². The summed E-state index contributed by atoms with van der Waals surface area (Å²) >= 11 is 0. The number of hydrogen-bond acceptors (Lipinski definition) is 4. The maximum absolute atomic E-state index is 13.0. The molecule has 134 valence electrons. The number of aliphatic hydroxyl groups is 1. The molecular weight excluding hydrogens is 321 g/mol. The maximum atomic E-state index is 13.0. The van der Waals surface area contributed by atoms with Gasteiger partial charge in [0.25, 0.3) is 0 Å². The fraction of sp³-hybridized carbons (Fsp3) is 0.350. The zero-order valence-electron chi connectivity index (χ0n) is 14.8. The van der Waals surface area contributed by atoms with E-state index in [9.17, 15) is 14.3 Å². The minimum Gasteiger partial charge on any atom is -0.491 e. The highest BCUT2D eigenvalue weighted by Gasteiger charge is 2.16. The Morgan fingerprint density at radius 2 is 1.76 bits per heavy atom. The van der Waals surface area contributed by atoms with Gasteiger partial charge >= 0.3 is 0 Å². The molecule has 0 bridgehead atoms. The van der Waals surface area contributed by atoms with E-state index in [1.807, 2.05) is 18.9 Å². The lowest BCUT2D eigenvalue weighted by molar-refractivity contribution is 0.0653. The first-order chi connectivity index (χ1) is 11.9. The number of ketones is 1. The normalized spacial score (nSPS) is 13.5. The Morgan fingerprint density at radius 3 is 2.32 bits per heavy atom. The average Bonchev–Trinajstić information content (AvgIpc) is 2.60. The lowest BCUT2D eigenvalue weighted by Crippen LogP contribution is -2.34. The number of carbonyl (C=O) groups is 1. The van der Waals surface area contributed by atoms with Crippen molar-refractivity contribution in [3.8, 4) is 5.75 Å². The molecule has 2 rings (SSSR count). The smallest absolute Gasteiger partial charge is 0.159 e. The number of ether oxygens (including phenoxy) is 1. The molecule has 0 saturated heterocycles. The van der Waals surface area contributed by atoms with E-state index < -0.39 is 6.10 Å². The van der Waals surface area contributed by atoms with Crippen LogP contribution in [0.4, 0.5) is 4.39 Å². The van der Waals surface area contributed by atoms with Crippen molar-refractivity contribution in [3.05, 3.63) is 65.5 Å². The third kappa shape index (κ3) is 5.66. The minimum atomic E-state index is -0.666. The Balaban J connectivity index is 1.83. The zero-order chi connectivity index (χ0) is 18.4. The van der Waals surface area contributed by atoms with Gasteiger partial charge in [-0.3, -0.25) is 9.69 Å². The lowest BCUT2D eigenvalue weighted by atomic mass is 10.1. The predicted octanol–water partition coefficient (Wildman–Crippen LogP) is 3.46. The van der Waals surface area contributed by atoms with Gasteiger partial charge < -0.3 is 9.84 Å². The van der Waals surface area contributed by atoms with Crippen LogP contribution in [0.15, 0.2) is 48.5 Å². The van der Waals surface area contributed by atoms with Crippen molar-refractivity contribution in [2.24, 2.45) is 0 Å². The van der Waals surface area contributed by atoms with Crippen LogP contribution < -0.4 is 4.74 Å². The maximum Gasteiger partial charge on any atom is 0.159 e. The summed E-state index contributed by atoms with van der Waals surface area (Å²) in [7, 11) is 1.90. The van der Waals surface area contributed by atoms with Crippen LogP contribution in [0.25, 0.3) is 0 Å². The summed E-state index contributed by atoms with van der Waals surface area (Å²) in [4.78, 5) is 13.2. The van der Waals surface area contributed by atoms with E-state index in [1.165, 1.54) is 19.1 Å². The summed E-state index contributed by atoms with van der Waals surface area (Å²) in [5.41, 5.74) is 1.61. The number of likely N-dealkylation sites (N-methyl/N-ethyl adjacent to an activating group) is 1. The third-order valence-corrected chi connectivity index (χ3v) is 4.22. The summed E-state index contributed by atoms with van der Waals surface area (Å²) in [5.74, 6) is 0.351. The Morgan fingerprint density at radius 1 is 1.16 bits per heavy atom. The molecule has 1 N–H and O–H groups in total. The van der Waals surface area contributed by atoms with Gasteiger partial charge in [0.1, 0.15) is 24.3 Å². The van der Waals surface area contributed by atoms with Crippen molar-refractivity contribution < 1.29 is 19.0 Å². The predicted molar refractivity (Wildman–Crippen MR) is 95.4 cm³/mol. The number of halogens is 1. The SMILES string of the molecule is CC(=O)c1ccc(OCC(O)CN(C)C(C)c2ccc(F)cc2)cc1. The standard InChI is InChI=1S/C20H24FNO3/c1-14(16-4-8-18(21)9-5-16)22(3)12-19(24)13-25-20-10-6-17(7-11-20)15(2)23/h4-11,14,19,24H,12-13H2,1-3H3. The van der Waals surface area contributed by atoms with Gasteiger partial charge in [-0.15, -0.1) is 0 Å². The molecule has 0 fully saturated rings. The van der Waals surface area contributed by atoms with Crippen molar-refractivity contribution in [2.45, 2.75) is 26.0 Å². The third-order valence-electron chi connectivity index (χ3n) is 4.22. The molecular formula is C20H24FNO3. The van der Waals surface area contributed by atoms with E-state index in [0.29, 0.717) is 17.9 Å². The highest BCUT2D eigenvalue weighted by atomic mass is 19.1. The molecule has 25 heavy (non-hydrogen) atoms. The fourth-order valence-corrected chi connectivity index (χ4v) is 2.52. The van der Waals surface area contributed by atoms with E-state index >= 15 is 0 Å². The molecule has 5 heteroatoms. The minimum absolute atomic E-state index is 0.00277. The molecule has 0 aliphatic carbocycles. The van der Waals surface area contributed by atoms with Crippen LogP contribution in [0.2, 0.25) is 0 Å². The molecule has 4 nitrogen and oxygen atoms in total. The molecule has 0 heterocycles. The molecule has 0 amide bonds. The molecule has 0 saturated carbocycles. The molecule has 2 atom stereocenters. The average molecular weight is 345 g/mol. The van der Waals surface area contributed by atoms with Gasteiger partial charge in [-0.05, 0) is 62.9 Å². The van der Waals surface area contributed by atoms with Crippen LogP contribution in [-0.2, 0) is 0 Å². The summed E-state index contributed by atoms with van der Waals surface area (Å²) in [6, 6.07) is 13.2. The Labute approximate surface area is 147 Å². The van der Waals surface area contributed by atoms with Crippen molar-refractivity contribution in [2.75, 3.05) is 20.2 Å². The number of Topliss-reactive ketones (excluding diaryl/α,β-unsaturated/α-hetero) is 1. The Kier molecular flexibility index (Phi) is 6.67. The van der Waals surface area contributed by atoms with Crippen molar-refractivity contribution in [1.82, 2.24) is 4.90 Å². The molecule has 0 radical (unpaired) electrons. The Bertz CT molecular complexity index is 685. The van der Waals surface area contributed by atoms with Crippen molar-refractivity contribution >= 4 is 5.78 Å². The first kappa shape index (κ1) is 19.1. The van der Waals surface area contributed by atoms with Gasteiger partial charge in [-0.25, -0.2) is 4.39 Å². The number of benzene rings is 2. The summed E-state index contributed by atoms with van der Waals surface area (Å²) in [6.45, 7) is 4.09. The number of rotatable bonds is 8. The van der Waals surface area contributed by atoms with Crippen LogP contribution >= 0.6 is 0 Å².